The van der Waals surface area contributed by atoms with Crippen molar-refractivity contribution in [2.24, 2.45) is 0 Å². The zero-order valence-corrected chi connectivity index (χ0v) is 12.0. The number of halogens is 3. The van der Waals surface area contributed by atoms with E-state index in [9.17, 15) is 22.8 Å². The summed E-state index contributed by atoms with van der Waals surface area (Å²) >= 11 is 0. The van der Waals surface area contributed by atoms with Crippen molar-refractivity contribution < 1.29 is 32.2 Å². The van der Waals surface area contributed by atoms with Crippen molar-refractivity contribution in [1.29, 1.82) is 0 Å². The second kappa shape index (κ2) is 7.82. The zero-order valence-electron chi connectivity index (χ0n) is 12.0. The van der Waals surface area contributed by atoms with Crippen molar-refractivity contribution in [3.63, 3.8) is 0 Å². The fourth-order valence-corrected chi connectivity index (χ4v) is 2.05. The summed E-state index contributed by atoms with van der Waals surface area (Å²) in [6, 6.07) is 2.86. The highest BCUT2D eigenvalue weighted by Crippen LogP contribution is 2.22. The van der Waals surface area contributed by atoms with Crippen LogP contribution in [0.4, 0.5) is 18.9 Å². The molecular weight excluding hydrogens is 317 g/mol. The number of carbonyl (C=O) groups excluding carboxylic acids is 2. The maximum absolute atomic E-state index is 13.5. The molecule has 0 aliphatic carbocycles. The topological polar surface area (TPSA) is 76.7 Å². The van der Waals surface area contributed by atoms with Crippen LogP contribution in [0, 0.1) is 5.82 Å². The molecule has 23 heavy (non-hydrogen) atoms. The van der Waals surface area contributed by atoms with E-state index in [0.717, 1.165) is 31.0 Å². The van der Waals surface area contributed by atoms with Crippen LogP contribution in [0.25, 0.3) is 0 Å². The summed E-state index contributed by atoms with van der Waals surface area (Å²) in [5, 5.41) is 4.57. The monoisotopic (exact) mass is 332 g/mol. The van der Waals surface area contributed by atoms with E-state index in [4.69, 9.17) is 4.74 Å². The number of anilines is 1. The molecule has 1 atom stereocenters. The average molecular weight is 332 g/mol. The molecule has 1 saturated heterocycles. The number of amides is 2. The number of nitrogens with one attached hydrogen (secondary N) is 2. The summed E-state index contributed by atoms with van der Waals surface area (Å²) in [7, 11) is 0. The van der Waals surface area contributed by atoms with Gasteiger partial charge in [0.05, 0.1) is 6.10 Å². The van der Waals surface area contributed by atoms with E-state index in [1.807, 2.05) is 0 Å². The van der Waals surface area contributed by atoms with E-state index in [2.05, 4.69) is 15.4 Å². The quantitative estimate of drug-likeness (QED) is 0.804. The molecule has 1 heterocycles. The first-order valence-corrected chi connectivity index (χ1v) is 6.91. The van der Waals surface area contributed by atoms with Gasteiger partial charge in [-0.15, -0.1) is 0 Å². The first-order valence-electron chi connectivity index (χ1n) is 6.91. The zero-order chi connectivity index (χ0) is 16.8. The maximum atomic E-state index is 13.5. The van der Waals surface area contributed by atoms with Crippen molar-refractivity contribution >= 4 is 17.5 Å². The van der Waals surface area contributed by atoms with Crippen LogP contribution in [-0.4, -0.2) is 37.7 Å². The number of hydrogen-bond acceptors (Lipinski definition) is 4. The summed E-state index contributed by atoms with van der Waals surface area (Å²) < 4.78 is 46.7. The van der Waals surface area contributed by atoms with Gasteiger partial charge in [-0.3, -0.25) is 9.59 Å². The van der Waals surface area contributed by atoms with Crippen LogP contribution in [0.3, 0.4) is 0 Å². The Kier molecular flexibility index (Phi) is 5.80. The van der Waals surface area contributed by atoms with Crippen molar-refractivity contribution in [3.05, 3.63) is 24.0 Å². The van der Waals surface area contributed by atoms with E-state index < -0.39 is 30.0 Å². The molecule has 2 amide bonds. The molecule has 0 spiro atoms. The highest BCUT2D eigenvalue weighted by Gasteiger charge is 2.20. The smallest absolute Gasteiger partial charge is 0.387 e. The minimum absolute atomic E-state index is 0.0543. The van der Waals surface area contributed by atoms with Gasteiger partial charge in [-0.25, -0.2) is 4.39 Å². The fourth-order valence-electron chi connectivity index (χ4n) is 2.05. The molecule has 0 aromatic heterocycles. The van der Waals surface area contributed by atoms with Crippen molar-refractivity contribution in [2.75, 3.05) is 18.5 Å². The number of rotatable bonds is 5. The standard InChI is InChI=1S/C14H15F3N2O4/c15-10-6-8(3-4-11(10)23-14(16)17)19-13(21)12(20)18-7-9-2-1-5-22-9/h3-4,6,9,14H,1-2,5,7H2,(H,18,20)(H,19,21). The largest absolute Gasteiger partial charge is 0.432 e. The van der Waals surface area contributed by atoms with Crippen molar-refractivity contribution in [3.8, 4) is 5.75 Å². The highest BCUT2D eigenvalue weighted by molar-refractivity contribution is 6.39. The third-order valence-corrected chi connectivity index (χ3v) is 3.13. The van der Waals surface area contributed by atoms with E-state index in [0.29, 0.717) is 6.61 Å². The summed E-state index contributed by atoms with van der Waals surface area (Å²) in [6.07, 6.45) is 1.59. The van der Waals surface area contributed by atoms with Crippen LogP contribution in [0.15, 0.2) is 18.2 Å². The lowest BCUT2D eigenvalue weighted by molar-refractivity contribution is -0.136. The molecule has 1 aliphatic heterocycles. The number of alkyl halides is 2. The molecule has 2 N–H and O–H groups in total. The Labute approximate surface area is 129 Å². The van der Waals surface area contributed by atoms with E-state index in [1.54, 1.807) is 0 Å². The molecule has 1 aliphatic rings. The van der Waals surface area contributed by atoms with E-state index in [-0.39, 0.29) is 18.3 Å². The van der Waals surface area contributed by atoms with Crippen molar-refractivity contribution in [2.45, 2.75) is 25.6 Å². The Balaban J connectivity index is 1.86. The molecule has 0 saturated carbocycles. The molecule has 1 aromatic carbocycles. The molecule has 1 unspecified atom stereocenters. The van der Waals surface area contributed by atoms with Crippen LogP contribution in [0.5, 0.6) is 5.75 Å². The molecule has 126 valence electrons. The second-order valence-electron chi connectivity index (χ2n) is 4.82. The molecule has 1 aromatic rings. The predicted octanol–water partition coefficient (Wildman–Crippen LogP) is 1.66. The number of carbonyl (C=O) groups is 2. The van der Waals surface area contributed by atoms with Gasteiger partial charge in [0.25, 0.3) is 0 Å². The van der Waals surface area contributed by atoms with Gasteiger partial charge in [0.15, 0.2) is 11.6 Å². The molecular formula is C14H15F3N2O4. The van der Waals surface area contributed by atoms with Gasteiger partial charge in [0, 0.05) is 24.9 Å². The SMILES string of the molecule is O=C(NCC1CCCO1)C(=O)Nc1ccc(OC(F)F)c(F)c1. The summed E-state index contributed by atoms with van der Waals surface area (Å²) in [4.78, 5) is 23.3. The molecule has 0 radical (unpaired) electrons. The first kappa shape index (κ1) is 17.1. The average Bonchev–Trinajstić information content (AvgIpc) is 3.00. The van der Waals surface area contributed by atoms with Gasteiger partial charge in [-0.2, -0.15) is 8.78 Å². The predicted molar refractivity (Wildman–Crippen MR) is 73.6 cm³/mol. The van der Waals surface area contributed by atoms with Gasteiger partial charge >= 0.3 is 18.4 Å². The summed E-state index contributed by atoms with van der Waals surface area (Å²) in [5.41, 5.74) is -0.0543. The minimum Gasteiger partial charge on any atom is -0.432 e. The van der Waals surface area contributed by atoms with Gasteiger partial charge < -0.3 is 20.1 Å². The molecule has 6 nitrogen and oxygen atoms in total. The van der Waals surface area contributed by atoms with Gasteiger partial charge in [-0.1, -0.05) is 0 Å². The van der Waals surface area contributed by atoms with Crippen LogP contribution >= 0.6 is 0 Å². The van der Waals surface area contributed by atoms with Crippen LogP contribution in [0.1, 0.15) is 12.8 Å². The Morgan fingerprint density at radius 1 is 1.35 bits per heavy atom. The Morgan fingerprint density at radius 2 is 2.13 bits per heavy atom. The van der Waals surface area contributed by atoms with Crippen LogP contribution in [-0.2, 0) is 14.3 Å². The molecule has 0 bridgehead atoms. The third-order valence-electron chi connectivity index (χ3n) is 3.13. The Morgan fingerprint density at radius 3 is 2.74 bits per heavy atom. The van der Waals surface area contributed by atoms with E-state index in [1.165, 1.54) is 0 Å². The molecule has 1 fully saturated rings. The van der Waals surface area contributed by atoms with Crippen LogP contribution in [0.2, 0.25) is 0 Å². The first-order chi connectivity index (χ1) is 11.0. The number of ether oxygens (including phenoxy) is 2. The summed E-state index contributed by atoms with van der Waals surface area (Å²) in [6.45, 7) is -2.32. The lowest BCUT2D eigenvalue weighted by Crippen LogP contribution is -2.39. The Bertz CT molecular complexity index is 577. The summed E-state index contributed by atoms with van der Waals surface area (Å²) in [5.74, 6) is -3.62. The number of benzene rings is 1. The highest BCUT2D eigenvalue weighted by atomic mass is 19.3. The second-order valence-corrected chi connectivity index (χ2v) is 4.82. The van der Waals surface area contributed by atoms with Gasteiger partial charge in [-0.05, 0) is 25.0 Å². The van der Waals surface area contributed by atoms with Gasteiger partial charge in [0.1, 0.15) is 0 Å². The lowest BCUT2D eigenvalue weighted by atomic mass is 10.2. The number of hydrogen-bond donors (Lipinski definition) is 2. The van der Waals surface area contributed by atoms with Crippen molar-refractivity contribution in [1.82, 2.24) is 5.32 Å². The van der Waals surface area contributed by atoms with Gasteiger partial charge in [0.2, 0.25) is 0 Å². The fraction of sp³-hybridized carbons (Fsp3) is 0.429. The third kappa shape index (κ3) is 5.13. The molecule has 2 rings (SSSR count). The minimum atomic E-state index is -3.16. The van der Waals surface area contributed by atoms with Crippen LogP contribution < -0.4 is 15.4 Å². The van der Waals surface area contributed by atoms with E-state index >= 15 is 0 Å². The maximum Gasteiger partial charge on any atom is 0.387 e. The normalized spacial score (nSPS) is 17.1. The lowest BCUT2D eigenvalue weighted by Gasteiger charge is -2.11. The molecule has 9 heteroatoms. The Hall–Kier alpha value is -2.29.